The van der Waals surface area contributed by atoms with Crippen molar-refractivity contribution in [2.24, 2.45) is 9.98 Å². The van der Waals surface area contributed by atoms with Gasteiger partial charge in [0.05, 0.1) is 17.1 Å². The number of aromatic nitrogens is 1. The van der Waals surface area contributed by atoms with Crippen LogP contribution in [0.15, 0.2) is 199 Å². The van der Waals surface area contributed by atoms with Gasteiger partial charge in [-0.25, -0.2) is 15.0 Å². The number of rotatable bonds is 7. The Morgan fingerprint density at radius 2 is 0.982 bits per heavy atom. The molecule has 270 valence electrons. The minimum Gasteiger partial charge on any atom is -0.247 e. The maximum absolute atomic E-state index is 5.37. The molecular weight excluding hydrogens is 691 g/mol. The van der Waals surface area contributed by atoms with Gasteiger partial charge >= 0.3 is 0 Å². The number of aliphatic imine (C=N–C) groups is 2. The van der Waals surface area contributed by atoms with E-state index in [2.05, 4.69) is 140 Å². The van der Waals surface area contributed by atoms with Gasteiger partial charge in [-0.15, -0.1) is 0 Å². The molecule has 0 amide bonds. The highest BCUT2D eigenvalue weighted by molar-refractivity contribution is 6.15. The zero-order valence-corrected chi connectivity index (χ0v) is 31.8. The lowest BCUT2D eigenvalue weighted by Gasteiger charge is -2.16. The maximum Gasteiger partial charge on any atom is 0.160 e. The zero-order valence-electron chi connectivity index (χ0n) is 31.8. The smallest absolute Gasteiger partial charge is 0.160 e. The van der Waals surface area contributed by atoms with Crippen molar-refractivity contribution in [1.82, 2.24) is 4.98 Å². The van der Waals surface area contributed by atoms with Gasteiger partial charge in [-0.1, -0.05) is 176 Å². The van der Waals surface area contributed by atoms with Crippen molar-refractivity contribution in [3.05, 3.63) is 228 Å². The minimum atomic E-state index is 0.619. The summed E-state index contributed by atoms with van der Waals surface area (Å²) in [6.45, 7) is 6.42. The summed E-state index contributed by atoms with van der Waals surface area (Å²) in [6.07, 6.45) is 1.79. The molecule has 7 aromatic carbocycles. The second kappa shape index (κ2) is 14.4. The molecule has 0 saturated heterocycles. The fourth-order valence-corrected chi connectivity index (χ4v) is 8.47. The van der Waals surface area contributed by atoms with Crippen LogP contribution in [0.2, 0.25) is 0 Å². The van der Waals surface area contributed by atoms with Gasteiger partial charge in [0.1, 0.15) is 0 Å². The van der Waals surface area contributed by atoms with Crippen molar-refractivity contribution in [1.29, 1.82) is 0 Å². The molecule has 0 bridgehead atoms. The normalized spacial score (nSPS) is 12.8. The predicted octanol–water partition coefficient (Wildman–Crippen LogP) is 13.2. The van der Waals surface area contributed by atoms with Crippen LogP contribution in [-0.2, 0) is 12.8 Å². The maximum atomic E-state index is 5.37. The van der Waals surface area contributed by atoms with E-state index < -0.39 is 0 Å². The van der Waals surface area contributed by atoms with Crippen LogP contribution in [0.1, 0.15) is 45.9 Å². The predicted molar refractivity (Wildman–Crippen MR) is 238 cm³/mol. The average Bonchev–Trinajstić information content (AvgIpc) is 3.84. The van der Waals surface area contributed by atoms with Gasteiger partial charge in [0.25, 0.3) is 0 Å². The fourth-order valence-electron chi connectivity index (χ4n) is 8.47. The Hall–Kier alpha value is -7.23. The Kier molecular flexibility index (Phi) is 8.69. The molecule has 10 rings (SSSR count). The molecular formula is C54H39N3. The first-order chi connectivity index (χ1) is 28.1. The van der Waals surface area contributed by atoms with Gasteiger partial charge in [-0.3, -0.25) is 0 Å². The van der Waals surface area contributed by atoms with Crippen LogP contribution in [0.4, 0.5) is 0 Å². The number of hydrogen-bond acceptors (Lipinski definition) is 2. The largest absolute Gasteiger partial charge is 0.247 e. The van der Waals surface area contributed by atoms with Crippen LogP contribution < -0.4 is 0 Å². The number of benzene rings is 7. The van der Waals surface area contributed by atoms with Crippen LogP contribution >= 0.6 is 0 Å². The molecule has 3 nitrogen and oxygen atoms in total. The molecule has 0 unspecified atom stereocenters. The van der Waals surface area contributed by atoms with Crippen LogP contribution in [0.5, 0.6) is 0 Å². The molecule has 2 aliphatic rings. The lowest BCUT2D eigenvalue weighted by molar-refractivity contribution is 1.18. The molecule has 1 aromatic heterocycles. The van der Waals surface area contributed by atoms with Crippen LogP contribution in [0, 0.1) is 0 Å². The number of nitrogens with zero attached hydrogens (tertiary/aromatic N) is 3. The third-order valence-electron chi connectivity index (χ3n) is 11.3. The molecule has 1 heterocycles. The summed E-state index contributed by atoms with van der Waals surface area (Å²) < 4.78 is 0. The van der Waals surface area contributed by atoms with Crippen LogP contribution in [0.25, 0.3) is 61.6 Å². The van der Waals surface area contributed by atoms with Crippen molar-refractivity contribution in [3.63, 3.8) is 0 Å². The topological polar surface area (TPSA) is 37.6 Å². The molecule has 0 atom stereocenters. The molecule has 3 heteroatoms. The highest BCUT2D eigenvalue weighted by Gasteiger charge is 2.31. The summed E-state index contributed by atoms with van der Waals surface area (Å²) in [5, 5.41) is 0. The van der Waals surface area contributed by atoms with Gasteiger partial charge in [-0.05, 0) is 85.8 Å². The van der Waals surface area contributed by atoms with E-state index in [1.807, 2.05) is 55.5 Å². The highest BCUT2D eigenvalue weighted by atomic mass is 14.9. The summed E-state index contributed by atoms with van der Waals surface area (Å²) in [5.41, 5.74) is 21.6. The van der Waals surface area contributed by atoms with Crippen molar-refractivity contribution in [2.45, 2.75) is 19.8 Å². The third kappa shape index (κ3) is 6.33. The molecule has 8 aromatic rings. The number of fused-ring (bicyclic) bond motifs is 6. The first kappa shape index (κ1) is 34.3. The SMILES string of the molecule is C=C(/N=C(\N=C(/C)c1ccccc1)c1ccc(-c2ccc(-c3c4c(nc5c3Cc3ccccc3-5)-c3ccccc3C4)cc2)cc1-c1ccccc1)c1ccccc1. The Morgan fingerprint density at radius 1 is 0.474 bits per heavy atom. The Labute approximate surface area is 334 Å². The standard InChI is InChI=1S/C54H39N3/c1-35(37-16-6-3-7-17-37)55-54(56-36(2)38-18-8-4-9-19-38)47-31-30-42(32-48(47)40-20-10-5-11-21-40)39-26-28-41(29-27-39)51-49-33-43-22-12-14-24-45(43)52(49)57-53-46-25-15-13-23-44(46)34-50(51)53/h3-32H,1,33-34H2,2H3/b55-54-,56-36+. The Balaban J connectivity index is 1.08. The van der Waals surface area contributed by atoms with Crippen molar-refractivity contribution < 1.29 is 0 Å². The van der Waals surface area contributed by atoms with E-state index >= 15 is 0 Å². The Bertz CT molecular complexity index is 2810. The van der Waals surface area contributed by atoms with Crippen molar-refractivity contribution >= 4 is 17.2 Å². The van der Waals surface area contributed by atoms with E-state index in [1.54, 1.807) is 0 Å². The van der Waals surface area contributed by atoms with Gasteiger partial charge in [0.2, 0.25) is 0 Å². The van der Waals surface area contributed by atoms with E-state index in [9.17, 15) is 0 Å². The van der Waals surface area contributed by atoms with Crippen molar-refractivity contribution in [3.8, 4) is 55.9 Å². The molecule has 0 radical (unpaired) electrons. The highest BCUT2D eigenvalue weighted by Crippen LogP contribution is 2.49. The molecule has 57 heavy (non-hydrogen) atoms. The van der Waals surface area contributed by atoms with E-state index in [1.165, 1.54) is 44.5 Å². The molecule has 0 saturated carbocycles. The van der Waals surface area contributed by atoms with E-state index in [0.29, 0.717) is 11.5 Å². The van der Waals surface area contributed by atoms with Crippen LogP contribution in [-0.4, -0.2) is 16.5 Å². The van der Waals surface area contributed by atoms with E-state index in [0.717, 1.165) is 68.9 Å². The Morgan fingerprint density at radius 3 is 1.60 bits per heavy atom. The van der Waals surface area contributed by atoms with Gasteiger partial charge in [0.15, 0.2) is 5.84 Å². The minimum absolute atomic E-state index is 0.619. The summed E-state index contributed by atoms with van der Waals surface area (Å²) in [6, 6.07) is 64.2. The van der Waals surface area contributed by atoms with E-state index in [-0.39, 0.29) is 0 Å². The average molecular weight is 730 g/mol. The monoisotopic (exact) mass is 729 g/mol. The van der Waals surface area contributed by atoms with E-state index in [4.69, 9.17) is 15.0 Å². The second-order valence-electron chi connectivity index (χ2n) is 14.8. The molecule has 0 spiro atoms. The second-order valence-corrected chi connectivity index (χ2v) is 14.8. The molecule has 0 aliphatic heterocycles. The first-order valence-electron chi connectivity index (χ1n) is 19.6. The lowest BCUT2D eigenvalue weighted by atomic mass is 9.90. The number of hydrogen-bond donors (Lipinski definition) is 0. The summed E-state index contributed by atoms with van der Waals surface area (Å²) >= 11 is 0. The van der Waals surface area contributed by atoms with Crippen LogP contribution in [0.3, 0.4) is 0 Å². The number of pyridine rings is 1. The number of amidine groups is 1. The summed E-state index contributed by atoms with van der Waals surface area (Å²) in [7, 11) is 0. The first-order valence-corrected chi connectivity index (χ1v) is 19.6. The molecule has 0 fully saturated rings. The zero-order chi connectivity index (χ0) is 38.3. The van der Waals surface area contributed by atoms with Gasteiger partial charge < -0.3 is 0 Å². The molecule has 0 N–H and O–H groups in total. The molecule has 2 aliphatic carbocycles. The van der Waals surface area contributed by atoms with Gasteiger partial charge in [-0.2, -0.15) is 0 Å². The fraction of sp³-hybridized carbons (Fsp3) is 0.0556. The summed E-state index contributed by atoms with van der Waals surface area (Å²) in [5.74, 6) is 0.619. The van der Waals surface area contributed by atoms with Crippen molar-refractivity contribution in [2.75, 3.05) is 0 Å². The lowest BCUT2D eigenvalue weighted by Crippen LogP contribution is -2.06. The van der Waals surface area contributed by atoms with Gasteiger partial charge in [0, 0.05) is 35.2 Å². The quantitative estimate of drug-likeness (QED) is 0.119. The third-order valence-corrected chi connectivity index (χ3v) is 11.3. The summed E-state index contributed by atoms with van der Waals surface area (Å²) in [4.78, 5) is 15.7.